The zero-order valence-electron chi connectivity index (χ0n) is 8.92. The van der Waals surface area contributed by atoms with Gasteiger partial charge in [-0.15, -0.1) is 0 Å². The lowest BCUT2D eigenvalue weighted by molar-refractivity contribution is 0.144. The topological polar surface area (TPSA) is 47.3 Å². The summed E-state index contributed by atoms with van der Waals surface area (Å²) in [5.74, 6) is 0. The second kappa shape index (κ2) is 6.53. The van der Waals surface area contributed by atoms with Crippen LogP contribution in [0.1, 0.15) is 13.3 Å². The van der Waals surface area contributed by atoms with Crippen LogP contribution >= 0.6 is 11.6 Å². The van der Waals surface area contributed by atoms with E-state index in [9.17, 15) is 0 Å². The van der Waals surface area contributed by atoms with Gasteiger partial charge in [0.05, 0.1) is 23.0 Å². The SMILES string of the molecule is CCCOCCNc1cccc(Cl)c1N. The van der Waals surface area contributed by atoms with Gasteiger partial charge in [0.1, 0.15) is 0 Å². The molecule has 0 aliphatic rings. The van der Waals surface area contributed by atoms with Crippen molar-refractivity contribution in [3.8, 4) is 0 Å². The van der Waals surface area contributed by atoms with Crippen molar-refractivity contribution in [1.29, 1.82) is 0 Å². The highest BCUT2D eigenvalue weighted by molar-refractivity contribution is 6.33. The maximum Gasteiger partial charge on any atom is 0.0739 e. The lowest BCUT2D eigenvalue weighted by Crippen LogP contribution is -2.11. The Morgan fingerprint density at radius 3 is 2.93 bits per heavy atom. The number of hydrogen-bond donors (Lipinski definition) is 2. The Labute approximate surface area is 95.6 Å². The Hall–Kier alpha value is -0.930. The number of rotatable bonds is 6. The molecular formula is C11H17ClN2O. The zero-order chi connectivity index (χ0) is 11.1. The molecule has 3 N–H and O–H groups in total. The Balaban J connectivity index is 2.34. The van der Waals surface area contributed by atoms with Gasteiger partial charge in [0.15, 0.2) is 0 Å². The molecule has 0 spiro atoms. The summed E-state index contributed by atoms with van der Waals surface area (Å²) in [4.78, 5) is 0. The average Bonchev–Trinajstić information content (AvgIpc) is 2.24. The van der Waals surface area contributed by atoms with Gasteiger partial charge in [0.25, 0.3) is 0 Å². The van der Waals surface area contributed by atoms with E-state index in [0.717, 1.165) is 25.3 Å². The van der Waals surface area contributed by atoms with E-state index < -0.39 is 0 Å². The zero-order valence-corrected chi connectivity index (χ0v) is 9.68. The lowest BCUT2D eigenvalue weighted by atomic mass is 10.2. The number of hydrogen-bond acceptors (Lipinski definition) is 3. The fourth-order valence-corrected chi connectivity index (χ4v) is 1.37. The van der Waals surface area contributed by atoms with Crippen molar-refractivity contribution in [2.75, 3.05) is 30.8 Å². The molecule has 1 aromatic rings. The van der Waals surface area contributed by atoms with Gasteiger partial charge in [0, 0.05) is 13.2 Å². The number of halogens is 1. The molecule has 0 aromatic heterocycles. The van der Waals surface area contributed by atoms with Crippen molar-refractivity contribution in [2.45, 2.75) is 13.3 Å². The van der Waals surface area contributed by atoms with Crippen molar-refractivity contribution < 1.29 is 4.74 Å². The molecule has 1 rings (SSSR count). The van der Waals surface area contributed by atoms with Gasteiger partial charge in [-0.2, -0.15) is 0 Å². The quantitative estimate of drug-likeness (QED) is 0.582. The highest BCUT2D eigenvalue weighted by Crippen LogP contribution is 2.26. The minimum atomic E-state index is 0.578. The molecule has 0 aliphatic carbocycles. The third-order valence-electron chi connectivity index (χ3n) is 1.96. The first kappa shape index (κ1) is 12.1. The number of anilines is 2. The molecule has 0 bridgehead atoms. The van der Waals surface area contributed by atoms with Gasteiger partial charge >= 0.3 is 0 Å². The Morgan fingerprint density at radius 1 is 1.40 bits per heavy atom. The van der Waals surface area contributed by atoms with Crippen molar-refractivity contribution >= 4 is 23.0 Å². The fourth-order valence-electron chi connectivity index (χ4n) is 1.20. The van der Waals surface area contributed by atoms with Crippen LogP contribution in [0.3, 0.4) is 0 Å². The standard InChI is InChI=1S/C11H17ClN2O/c1-2-7-15-8-6-14-10-5-3-4-9(12)11(10)13/h3-5,14H,2,6-8,13H2,1H3. The van der Waals surface area contributed by atoms with Crippen LogP contribution in [-0.2, 0) is 4.74 Å². The summed E-state index contributed by atoms with van der Waals surface area (Å²) in [5, 5.41) is 3.76. The second-order valence-electron chi connectivity index (χ2n) is 3.24. The third kappa shape index (κ3) is 3.98. The van der Waals surface area contributed by atoms with Crippen LogP contribution in [0.5, 0.6) is 0 Å². The summed E-state index contributed by atoms with van der Waals surface area (Å²) in [7, 11) is 0. The van der Waals surface area contributed by atoms with E-state index >= 15 is 0 Å². The highest BCUT2D eigenvalue weighted by Gasteiger charge is 2.01. The first-order valence-corrected chi connectivity index (χ1v) is 5.49. The molecule has 15 heavy (non-hydrogen) atoms. The van der Waals surface area contributed by atoms with E-state index in [1.807, 2.05) is 12.1 Å². The van der Waals surface area contributed by atoms with Crippen LogP contribution < -0.4 is 11.1 Å². The van der Waals surface area contributed by atoms with Crippen LogP contribution in [0.2, 0.25) is 5.02 Å². The molecule has 0 radical (unpaired) electrons. The average molecular weight is 229 g/mol. The number of nitrogens with two attached hydrogens (primary N) is 1. The van der Waals surface area contributed by atoms with Gasteiger partial charge < -0.3 is 15.8 Å². The molecule has 3 nitrogen and oxygen atoms in total. The van der Waals surface area contributed by atoms with Crippen LogP contribution in [0.25, 0.3) is 0 Å². The second-order valence-corrected chi connectivity index (χ2v) is 3.65. The maximum atomic E-state index is 5.88. The van der Waals surface area contributed by atoms with Crippen molar-refractivity contribution in [3.63, 3.8) is 0 Å². The molecule has 0 atom stereocenters. The Kier molecular flexibility index (Phi) is 5.29. The number of benzene rings is 1. The highest BCUT2D eigenvalue weighted by atomic mass is 35.5. The minimum Gasteiger partial charge on any atom is -0.396 e. The molecule has 0 fully saturated rings. The summed E-state index contributed by atoms with van der Waals surface area (Å²) in [6, 6.07) is 5.55. The first-order valence-electron chi connectivity index (χ1n) is 5.11. The van der Waals surface area contributed by atoms with Crippen molar-refractivity contribution in [3.05, 3.63) is 23.2 Å². The third-order valence-corrected chi connectivity index (χ3v) is 2.29. The van der Waals surface area contributed by atoms with E-state index in [2.05, 4.69) is 12.2 Å². The van der Waals surface area contributed by atoms with Crippen molar-refractivity contribution in [1.82, 2.24) is 0 Å². The molecular weight excluding hydrogens is 212 g/mol. The molecule has 4 heteroatoms. The molecule has 0 saturated carbocycles. The first-order chi connectivity index (χ1) is 7.25. The predicted octanol–water partition coefficient (Wildman–Crippen LogP) is 2.76. The maximum absolute atomic E-state index is 5.88. The van der Waals surface area contributed by atoms with Gasteiger partial charge in [-0.05, 0) is 18.6 Å². The fraction of sp³-hybridized carbons (Fsp3) is 0.455. The molecule has 84 valence electrons. The number of para-hydroxylation sites is 1. The number of nitrogens with one attached hydrogen (secondary N) is 1. The summed E-state index contributed by atoms with van der Waals surface area (Å²) < 4.78 is 5.34. The summed E-state index contributed by atoms with van der Waals surface area (Å²) >= 11 is 5.88. The van der Waals surface area contributed by atoms with E-state index in [1.165, 1.54) is 0 Å². The molecule has 0 amide bonds. The summed E-state index contributed by atoms with van der Waals surface area (Å²) in [6.45, 7) is 4.30. The van der Waals surface area contributed by atoms with E-state index in [1.54, 1.807) is 6.07 Å². The van der Waals surface area contributed by atoms with Crippen LogP contribution in [0.4, 0.5) is 11.4 Å². The largest absolute Gasteiger partial charge is 0.396 e. The van der Waals surface area contributed by atoms with Gasteiger partial charge in [-0.1, -0.05) is 24.6 Å². The normalized spacial score (nSPS) is 10.3. The summed E-state index contributed by atoms with van der Waals surface area (Å²) in [6.07, 6.45) is 1.04. The van der Waals surface area contributed by atoms with Crippen LogP contribution in [0, 0.1) is 0 Å². The van der Waals surface area contributed by atoms with Gasteiger partial charge in [-0.25, -0.2) is 0 Å². The van der Waals surface area contributed by atoms with Crippen molar-refractivity contribution in [2.24, 2.45) is 0 Å². The van der Waals surface area contributed by atoms with Crippen LogP contribution in [0.15, 0.2) is 18.2 Å². The van der Waals surface area contributed by atoms with E-state index in [0.29, 0.717) is 17.3 Å². The summed E-state index contributed by atoms with van der Waals surface area (Å²) in [5.41, 5.74) is 7.24. The van der Waals surface area contributed by atoms with E-state index in [-0.39, 0.29) is 0 Å². The molecule has 0 saturated heterocycles. The Bertz CT molecular complexity index is 305. The molecule has 0 unspecified atom stereocenters. The minimum absolute atomic E-state index is 0.578. The predicted molar refractivity (Wildman–Crippen MR) is 65.5 cm³/mol. The van der Waals surface area contributed by atoms with Crippen LogP contribution in [-0.4, -0.2) is 19.8 Å². The smallest absolute Gasteiger partial charge is 0.0739 e. The Morgan fingerprint density at radius 2 is 2.20 bits per heavy atom. The number of ether oxygens (including phenoxy) is 1. The molecule has 1 aromatic carbocycles. The van der Waals surface area contributed by atoms with Gasteiger partial charge in [0.2, 0.25) is 0 Å². The molecule has 0 aliphatic heterocycles. The molecule has 0 heterocycles. The van der Waals surface area contributed by atoms with Gasteiger partial charge in [-0.3, -0.25) is 0 Å². The number of nitrogen functional groups attached to an aromatic ring is 1. The monoisotopic (exact) mass is 228 g/mol. The van der Waals surface area contributed by atoms with E-state index in [4.69, 9.17) is 22.1 Å². The lowest BCUT2D eigenvalue weighted by Gasteiger charge is -2.10.